The van der Waals surface area contributed by atoms with Crippen LogP contribution in [0.4, 0.5) is 10.5 Å². The topological polar surface area (TPSA) is 146 Å². The molecule has 0 aliphatic carbocycles. The van der Waals surface area contributed by atoms with Crippen LogP contribution in [0.5, 0.6) is 0 Å². The number of rotatable bonds is 10. The van der Waals surface area contributed by atoms with Crippen molar-refractivity contribution in [3.05, 3.63) is 29.8 Å². The summed E-state index contributed by atoms with van der Waals surface area (Å²) in [5.74, 6) is -0.600. The Morgan fingerprint density at radius 1 is 1.29 bits per heavy atom. The number of oxime groups is 1. The van der Waals surface area contributed by atoms with Crippen LogP contribution in [0.2, 0.25) is 0 Å². The number of amidine groups is 1. The van der Waals surface area contributed by atoms with Crippen molar-refractivity contribution in [3.8, 4) is 0 Å². The maximum atomic E-state index is 12.6. The predicted molar refractivity (Wildman–Crippen MR) is 119 cm³/mol. The quantitative estimate of drug-likeness (QED) is 0.105. The highest BCUT2D eigenvalue weighted by atomic mass is 35.5. The van der Waals surface area contributed by atoms with Crippen LogP contribution in [0.25, 0.3) is 0 Å². The molecule has 5 N–H and O–H groups in total. The molecule has 0 aromatic heterocycles. The number of anilines is 1. The summed E-state index contributed by atoms with van der Waals surface area (Å²) in [5, 5.41) is 16.8. The van der Waals surface area contributed by atoms with Gasteiger partial charge >= 0.3 is 12.0 Å². The van der Waals surface area contributed by atoms with Gasteiger partial charge in [0.2, 0.25) is 5.91 Å². The molecular weight excluding hydrogens is 426 g/mol. The summed E-state index contributed by atoms with van der Waals surface area (Å²) in [5.41, 5.74) is 6.72. The fourth-order valence-corrected chi connectivity index (χ4v) is 3.04. The predicted octanol–water partition coefficient (Wildman–Crippen LogP) is 1.73. The molecule has 0 unspecified atom stereocenters. The Morgan fingerprint density at radius 2 is 2.00 bits per heavy atom. The lowest BCUT2D eigenvalue weighted by Gasteiger charge is -2.18. The smallest absolute Gasteiger partial charge is 0.315 e. The lowest BCUT2D eigenvalue weighted by molar-refractivity contribution is -0.143. The van der Waals surface area contributed by atoms with E-state index in [0.29, 0.717) is 30.8 Å². The van der Waals surface area contributed by atoms with E-state index in [1.165, 1.54) is 0 Å². The number of nitrogens with two attached hydrogens (primary N) is 1. The zero-order chi connectivity index (χ0) is 21.9. The average molecular weight is 456 g/mol. The highest BCUT2D eigenvalue weighted by Gasteiger charge is 2.33. The number of halogens is 1. The van der Waals surface area contributed by atoms with Crippen LogP contribution in [0.3, 0.4) is 0 Å². The number of carbonyl (C=O) groups is 3. The molecule has 0 bridgehead atoms. The van der Waals surface area contributed by atoms with Crippen LogP contribution < -0.4 is 21.3 Å². The van der Waals surface area contributed by atoms with Gasteiger partial charge in [-0.3, -0.25) is 9.59 Å². The lowest BCUT2D eigenvalue weighted by Crippen LogP contribution is -2.46. The van der Waals surface area contributed by atoms with Crippen molar-refractivity contribution in [2.24, 2.45) is 10.9 Å². The third kappa shape index (κ3) is 7.97. The molecule has 0 radical (unpaired) electrons. The van der Waals surface area contributed by atoms with Crippen molar-refractivity contribution >= 4 is 41.8 Å². The van der Waals surface area contributed by atoms with Gasteiger partial charge in [-0.15, -0.1) is 12.4 Å². The van der Waals surface area contributed by atoms with E-state index >= 15 is 0 Å². The van der Waals surface area contributed by atoms with E-state index < -0.39 is 12.1 Å². The van der Waals surface area contributed by atoms with Gasteiger partial charge in [0.25, 0.3) is 0 Å². The van der Waals surface area contributed by atoms with Crippen LogP contribution in [-0.4, -0.2) is 54.7 Å². The fourth-order valence-electron chi connectivity index (χ4n) is 3.04. The van der Waals surface area contributed by atoms with Crippen molar-refractivity contribution in [2.75, 3.05) is 24.6 Å². The van der Waals surface area contributed by atoms with Crippen molar-refractivity contribution in [3.63, 3.8) is 0 Å². The Morgan fingerprint density at radius 3 is 2.65 bits per heavy atom. The monoisotopic (exact) mass is 455 g/mol. The van der Waals surface area contributed by atoms with E-state index in [0.717, 1.165) is 19.3 Å². The number of amides is 3. The van der Waals surface area contributed by atoms with Gasteiger partial charge in [-0.1, -0.05) is 24.9 Å². The normalized spacial score (nSPS) is 15.9. The van der Waals surface area contributed by atoms with E-state index in [1.54, 1.807) is 29.2 Å². The van der Waals surface area contributed by atoms with E-state index in [9.17, 15) is 14.4 Å². The highest BCUT2D eigenvalue weighted by molar-refractivity contribution is 6.02. The number of ether oxygens (including phenoxy) is 1. The summed E-state index contributed by atoms with van der Waals surface area (Å²) >= 11 is 0. The van der Waals surface area contributed by atoms with Gasteiger partial charge < -0.3 is 31.2 Å². The van der Waals surface area contributed by atoms with Gasteiger partial charge in [0.15, 0.2) is 5.84 Å². The minimum atomic E-state index is -0.644. The molecule has 1 aliphatic heterocycles. The molecule has 1 aromatic rings. The molecule has 2 rings (SSSR count). The van der Waals surface area contributed by atoms with E-state index in [2.05, 4.69) is 22.7 Å². The summed E-state index contributed by atoms with van der Waals surface area (Å²) in [6, 6.07) is 5.53. The van der Waals surface area contributed by atoms with Gasteiger partial charge in [0.05, 0.1) is 13.0 Å². The van der Waals surface area contributed by atoms with Crippen molar-refractivity contribution in [2.45, 2.75) is 45.1 Å². The first-order valence-corrected chi connectivity index (χ1v) is 10.1. The lowest BCUT2D eigenvalue weighted by atomic mass is 10.2. The molecule has 3 amide bonds. The van der Waals surface area contributed by atoms with Crippen LogP contribution in [0.1, 0.15) is 44.6 Å². The van der Waals surface area contributed by atoms with Gasteiger partial charge in [-0.25, -0.2) is 4.79 Å². The molecule has 1 atom stereocenters. The van der Waals surface area contributed by atoms with E-state index in [-0.39, 0.29) is 43.1 Å². The summed E-state index contributed by atoms with van der Waals surface area (Å²) in [7, 11) is 0. The molecule has 1 fully saturated rings. The molecule has 10 nitrogen and oxygen atoms in total. The number of benzene rings is 1. The van der Waals surface area contributed by atoms with Crippen LogP contribution >= 0.6 is 12.4 Å². The fraction of sp³-hybridized carbons (Fsp3) is 0.500. The third-order valence-corrected chi connectivity index (χ3v) is 4.72. The number of carbonyl (C=O) groups excluding carboxylic acids is 3. The number of hydrogen-bond acceptors (Lipinski definition) is 6. The second-order valence-corrected chi connectivity index (χ2v) is 6.94. The zero-order valence-electron chi connectivity index (χ0n) is 17.5. The summed E-state index contributed by atoms with van der Waals surface area (Å²) < 4.78 is 5.07. The summed E-state index contributed by atoms with van der Waals surface area (Å²) in [6.45, 7) is 3.06. The maximum absolute atomic E-state index is 12.6. The molecule has 11 heteroatoms. The van der Waals surface area contributed by atoms with Crippen LogP contribution in [-0.2, 0) is 14.3 Å². The SMILES string of the molecule is CCCCCOC(=O)CCNC(=O)N[C@H]1CCN(c2ccc(C(N)=NO)cc2)C1=O.Cl. The Bertz CT molecular complexity index is 772. The third-order valence-electron chi connectivity index (χ3n) is 4.72. The largest absolute Gasteiger partial charge is 0.466 e. The molecule has 1 aromatic carbocycles. The molecular formula is C20H30ClN5O5. The van der Waals surface area contributed by atoms with Gasteiger partial charge in [0.1, 0.15) is 6.04 Å². The summed E-state index contributed by atoms with van der Waals surface area (Å²) in [6.07, 6.45) is 3.44. The number of nitrogens with one attached hydrogen (secondary N) is 2. The second-order valence-electron chi connectivity index (χ2n) is 6.94. The van der Waals surface area contributed by atoms with Crippen molar-refractivity contribution in [1.82, 2.24) is 10.6 Å². The Kier molecular flexibility index (Phi) is 11.2. The van der Waals surface area contributed by atoms with Crippen molar-refractivity contribution < 1.29 is 24.3 Å². The highest BCUT2D eigenvalue weighted by Crippen LogP contribution is 2.22. The van der Waals surface area contributed by atoms with E-state index in [4.69, 9.17) is 15.7 Å². The molecule has 0 saturated carbocycles. The van der Waals surface area contributed by atoms with Crippen LogP contribution in [0, 0.1) is 0 Å². The second kappa shape index (κ2) is 13.3. The standard InChI is InChI=1S/C20H29N5O5.ClH/c1-2-3-4-13-30-17(26)9-11-22-20(28)23-16-10-12-25(19(16)27)15-7-5-14(6-8-15)18(21)24-29;/h5-8,16,29H,2-4,9-13H2,1H3,(H2,21,24)(H2,22,23,28);1H/t16-;/m0./s1. The Hall–Kier alpha value is -3.01. The Balaban J connectivity index is 0.00000480. The minimum Gasteiger partial charge on any atom is -0.466 e. The number of esters is 1. The van der Waals surface area contributed by atoms with E-state index in [1.807, 2.05) is 0 Å². The maximum Gasteiger partial charge on any atom is 0.315 e. The molecule has 1 aliphatic rings. The van der Waals surface area contributed by atoms with Crippen LogP contribution in [0.15, 0.2) is 29.4 Å². The number of hydrogen-bond donors (Lipinski definition) is 4. The molecule has 0 spiro atoms. The first kappa shape index (κ1) is 26.0. The molecule has 1 saturated heterocycles. The minimum absolute atomic E-state index is 0. The van der Waals surface area contributed by atoms with Crippen molar-refractivity contribution in [1.29, 1.82) is 0 Å². The van der Waals surface area contributed by atoms with Gasteiger partial charge in [-0.2, -0.15) is 0 Å². The van der Waals surface area contributed by atoms with Gasteiger partial charge in [-0.05, 0) is 37.1 Å². The number of nitrogens with zero attached hydrogens (tertiary/aromatic N) is 2. The summed E-state index contributed by atoms with van der Waals surface area (Å²) in [4.78, 5) is 37.8. The van der Waals surface area contributed by atoms with Gasteiger partial charge in [0, 0.05) is 24.3 Å². The zero-order valence-corrected chi connectivity index (χ0v) is 18.3. The average Bonchev–Trinajstić information content (AvgIpc) is 3.10. The number of unbranched alkanes of at least 4 members (excludes halogenated alkanes) is 2. The first-order chi connectivity index (χ1) is 14.5. The molecule has 172 valence electrons. The molecule has 31 heavy (non-hydrogen) atoms. The number of urea groups is 1. The Labute approximate surface area is 187 Å². The molecule has 1 heterocycles. The first-order valence-electron chi connectivity index (χ1n) is 10.1.